The van der Waals surface area contributed by atoms with Crippen molar-refractivity contribution in [1.29, 1.82) is 0 Å². The van der Waals surface area contributed by atoms with Crippen molar-refractivity contribution >= 4 is 29.1 Å². The minimum atomic E-state index is -0.0176. The molecule has 0 saturated carbocycles. The van der Waals surface area contributed by atoms with Crippen molar-refractivity contribution in [3.63, 3.8) is 0 Å². The maximum Gasteiger partial charge on any atom is 0.236 e. The van der Waals surface area contributed by atoms with Gasteiger partial charge in [0.2, 0.25) is 5.91 Å². The van der Waals surface area contributed by atoms with Crippen LogP contribution in [0.4, 0.5) is 0 Å². The number of aryl methyl sites for hydroxylation is 2. The fraction of sp³-hybridized carbons (Fsp3) is 0.250. The summed E-state index contributed by atoms with van der Waals surface area (Å²) < 4.78 is 0. The molecule has 0 bridgehead atoms. The number of rotatable bonds is 2. The minimum Gasteiger partial charge on any atom is -0.303 e. The van der Waals surface area contributed by atoms with Gasteiger partial charge in [-0.1, -0.05) is 30.0 Å². The van der Waals surface area contributed by atoms with Crippen LogP contribution in [0.3, 0.4) is 0 Å². The second kappa shape index (κ2) is 5.14. The van der Waals surface area contributed by atoms with E-state index in [1.165, 1.54) is 11.8 Å². The van der Waals surface area contributed by atoms with Gasteiger partial charge in [0.1, 0.15) is 0 Å². The Morgan fingerprint density at radius 3 is 2.65 bits per heavy atom. The first-order valence-electron chi connectivity index (χ1n) is 5.26. The number of nitrogens with zero attached hydrogens (tertiary/aromatic N) is 2. The molecule has 1 aromatic rings. The highest BCUT2D eigenvalue weighted by Crippen LogP contribution is 2.11. The summed E-state index contributed by atoms with van der Waals surface area (Å²) in [5.41, 5.74) is 3.40. The fourth-order valence-corrected chi connectivity index (χ4v) is 2.18. The molecule has 88 valence electrons. The number of amidine groups is 1. The first kappa shape index (κ1) is 11.9. The van der Waals surface area contributed by atoms with Crippen LogP contribution in [0.25, 0.3) is 0 Å². The molecule has 1 aromatic carbocycles. The van der Waals surface area contributed by atoms with Crippen LogP contribution in [0.2, 0.25) is 0 Å². The maximum absolute atomic E-state index is 10.9. The van der Waals surface area contributed by atoms with Crippen LogP contribution >= 0.6 is 11.8 Å². The number of hydrogen-bond acceptors (Lipinski definition) is 4. The Kier molecular flexibility index (Phi) is 3.58. The Hall–Kier alpha value is -1.62. The lowest BCUT2D eigenvalue weighted by Gasteiger charge is -2.02. The number of nitrogens with one attached hydrogen (secondary N) is 1. The first-order valence-corrected chi connectivity index (χ1v) is 6.25. The average molecular weight is 247 g/mol. The van der Waals surface area contributed by atoms with Gasteiger partial charge < -0.3 is 5.32 Å². The standard InChI is InChI=1S/C12H13N3OS/c1-8-4-3-5-9(2)10(8)6-13-15-12-14-11(16)7-17-12/h3-6H,7H2,1-2H3,(H,14,15,16). The molecule has 0 atom stereocenters. The van der Waals surface area contributed by atoms with Gasteiger partial charge in [0, 0.05) is 5.56 Å². The Morgan fingerprint density at radius 1 is 1.35 bits per heavy atom. The van der Waals surface area contributed by atoms with Gasteiger partial charge >= 0.3 is 0 Å². The highest BCUT2D eigenvalue weighted by atomic mass is 32.2. The van der Waals surface area contributed by atoms with E-state index in [4.69, 9.17) is 0 Å². The predicted octanol–water partition coefficient (Wildman–Crippen LogP) is 1.86. The van der Waals surface area contributed by atoms with E-state index in [2.05, 4.69) is 15.5 Å². The lowest BCUT2D eigenvalue weighted by atomic mass is 10.0. The fourth-order valence-electron chi connectivity index (χ4n) is 1.55. The van der Waals surface area contributed by atoms with Gasteiger partial charge in [0.05, 0.1) is 12.0 Å². The molecule has 1 aliphatic heterocycles. The van der Waals surface area contributed by atoms with E-state index in [0.29, 0.717) is 10.9 Å². The number of carbonyl (C=O) groups excluding carboxylic acids is 1. The van der Waals surface area contributed by atoms with Crippen LogP contribution < -0.4 is 5.32 Å². The van der Waals surface area contributed by atoms with E-state index in [1.54, 1.807) is 6.21 Å². The van der Waals surface area contributed by atoms with E-state index in [1.807, 2.05) is 32.0 Å². The molecule has 0 aliphatic carbocycles. The van der Waals surface area contributed by atoms with Crippen LogP contribution in [0, 0.1) is 13.8 Å². The third-order valence-corrected chi connectivity index (χ3v) is 3.33. The largest absolute Gasteiger partial charge is 0.303 e. The molecule has 5 heteroatoms. The molecule has 0 aromatic heterocycles. The van der Waals surface area contributed by atoms with Crippen molar-refractivity contribution in [2.45, 2.75) is 13.8 Å². The molecule has 1 aliphatic rings. The SMILES string of the molecule is Cc1cccc(C)c1C=NN=C1NC(=O)CS1. The second-order valence-electron chi connectivity index (χ2n) is 3.79. The molecule has 2 rings (SSSR count). The summed E-state index contributed by atoms with van der Waals surface area (Å²) in [6.07, 6.45) is 1.72. The lowest BCUT2D eigenvalue weighted by molar-refractivity contribution is -0.116. The van der Waals surface area contributed by atoms with Gasteiger partial charge in [-0.25, -0.2) is 0 Å². The van der Waals surface area contributed by atoms with Crippen molar-refractivity contribution in [1.82, 2.24) is 5.32 Å². The van der Waals surface area contributed by atoms with E-state index in [-0.39, 0.29) is 5.91 Å². The maximum atomic E-state index is 10.9. The summed E-state index contributed by atoms with van der Waals surface area (Å²) in [5.74, 6) is 0.411. The van der Waals surface area contributed by atoms with Gasteiger partial charge in [-0.2, -0.15) is 5.10 Å². The smallest absolute Gasteiger partial charge is 0.236 e. The van der Waals surface area contributed by atoms with Crippen molar-refractivity contribution in [3.05, 3.63) is 34.9 Å². The van der Waals surface area contributed by atoms with Gasteiger partial charge in [-0.3, -0.25) is 4.79 Å². The lowest BCUT2D eigenvalue weighted by Crippen LogP contribution is -2.19. The first-order chi connectivity index (χ1) is 8.16. The number of carbonyl (C=O) groups is 1. The molecule has 0 radical (unpaired) electrons. The van der Waals surface area contributed by atoms with Crippen LogP contribution in [-0.4, -0.2) is 23.0 Å². The predicted molar refractivity (Wildman–Crippen MR) is 71.5 cm³/mol. The van der Waals surface area contributed by atoms with Crippen LogP contribution in [0.15, 0.2) is 28.4 Å². The summed E-state index contributed by atoms with van der Waals surface area (Å²) in [6, 6.07) is 6.09. The van der Waals surface area contributed by atoms with E-state index in [9.17, 15) is 4.79 Å². The molecule has 1 amide bonds. The third kappa shape index (κ3) is 2.94. The average Bonchev–Trinajstić information content (AvgIpc) is 2.69. The topological polar surface area (TPSA) is 53.8 Å². The summed E-state index contributed by atoms with van der Waals surface area (Å²) in [6.45, 7) is 4.07. The van der Waals surface area contributed by atoms with E-state index >= 15 is 0 Å². The van der Waals surface area contributed by atoms with E-state index < -0.39 is 0 Å². The Morgan fingerprint density at radius 2 is 2.06 bits per heavy atom. The zero-order chi connectivity index (χ0) is 12.3. The molecular weight excluding hydrogens is 234 g/mol. The van der Waals surface area contributed by atoms with Crippen molar-refractivity contribution in [2.24, 2.45) is 10.2 Å². The van der Waals surface area contributed by atoms with Gasteiger partial charge in [0.25, 0.3) is 0 Å². The molecule has 0 unspecified atom stereocenters. The van der Waals surface area contributed by atoms with Crippen LogP contribution in [-0.2, 0) is 4.79 Å². The van der Waals surface area contributed by atoms with Gasteiger partial charge in [-0.05, 0) is 25.0 Å². The summed E-state index contributed by atoms with van der Waals surface area (Å²) in [4.78, 5) is 10.9. The summed E-state index contributed by atoms with van der Waals surface area (Å²) in [7, 11) is 0. The van der Waals surface area contributed by atoms with Crippen molar-refractivity contribution in [3.8, 4) is 0 Å². The summed E-state index contributed by atoms with van der Waals surface area (Å²) in [5, 5.41) is 11.2. The van der Waals surface area contributed by atoms with Crippen LogP contribution in [0.1, 0.15) is 16.7 Å². The zero-order valence-electron chi connectivity index (χ0n) is 9.73. The molecule has 17 heavy (non-hydrogen) atoms. The Bertz CT molecular complexity index is 488. The number of thioether (sulfide) groups is 1. The molecular formula is C12H13N3OS. The Balaban J connectivity index is 2.13. The Labute approximate surface area is 104 Å². The highest BCUT2D eigenvalue weighted by molar-refractivity contribution is 8.15. The zero-order valence-corrected chi connectivity index (χ0v) is 10.5. The monoisotopic (exact) mass is 247 g/mol. The molecule has 1 N–H and O–H groups in total. The van der Waals surface area contributed by atoms with Crippen LogP contribution in [0.5, 0.6) is 0 Å². The highest BCUT2D eigenvalue weighted by Gasteiger charge is 2.15. The molecule has 1 saturated heterocycles. The second-order valence-corrected chi connectivity index (χ2v) is 4.76. The normalized spacial score (nSPS) is 18.0. The third-order valence-electron chi connectivity index (χ3n) is 2.46. The van der Waals surface area contributed by atoms with Gasteiger partial charge in [0.15, 0.2) is 5.17 Å². The quantitative estimate of drug-likeness (QED) is 0.640. The molecule has 1 fully saturated rings. The molecule has 0 spiro atoms. The summed E-state index contributed by atoms with van der Waals surface area (Å²) >= 11 is 1.37. The molecule has 4 nitrogen and oxygen atoms in total. The number of hydrogen-bond donors (Lipinski definition) is 1. The minimum absolute atomic E-state index is 0.0176. The van der Waals surface area contributed by atoms with Gasteiger partial charge in [-0.15, -0.1) is 5.10 Å². The molecule has 1 heterocycles. The van der Waals surface area contributed by atoms with Crippen molar-refractivity contribution in [2.75, 3.05) is 5.75 Å². The number of amides is 1. The van der Waals surface area contributed by atoms with E-state index in [0.717, 1.165) is 16.7 Å². The number of benzene rings is 1. The van der Waals surface area contributed by atoms with Crippen molar-refractivity contribution < 1.29 is 4.79 Å².